The summed E-state index contributed by atoms with van der Waals surface area (Å²) >= 11 is 11.5. The summed E-state index contributed by atoms with van der Waals surface area (Å²) < 4.78 is 0. The topological polar surface area (TPSA) is 48.8 Å². The van der Waals surface area contributed by atoms with Gasteiger partial charge in [0.1, 0.15) is 0 Å². The van der Waals surface area contributed by atoms with Gasteiger partial charge in [0.25, 0.3) is 5.91 Å². The van der Waals surface area contributed by atoms with Gasteiger partial charge in [-0.1, -0.05) is 23.7 Å². The third kappa shape index (κ3) is 4.80. The molecule has 0 aromatic heterocycles. The molecule has 5 nitrogen and oxygen atoms in total. The molecule has 1 heterocycles. The number of hydrogen-bond donors (Lipinski definition) is 3. The first kappa shape index (κ1) is 16.5. The molecular formula is C16H22ClN4OS+. The van der Waals surface area contributed by atoms with Gasteiger partial charge in [-0.25, -0.2) is 0 Å². The molecule has 1 saturated heterocycles. The van der Waals surface area contributed by atoms with Crippen LogP contribution in [0.2, 0.25) is 5.02 Å². The van der Waals surface area contributed by atoms with Crippen molar-refractivity contribution in [2.75, 3.05) is 38.0 Å². The van der Waals surface area contributed by atoms with Crippen molar-refractivity contribution in [1.29, 1.82) is 0 Å². The number of amides is 1. The van der Waals surface area contributed by atoms with Crippen molar-refractivity contribution in [3.63, 3.8) is 0 Å². The van der Waals surface area contributed by atoms with E-state index in [4.69, 9.17) is 23.8 Å². The molecule has 23 heavy (non-hydrogen) atoms. The van der Waals surface area contributed by atoms with Crippen LogP contribution in [0, 0.1) is 0 Å². The highest BCUT2D eigenvalue weighted by molar-refractivity contribution is 7.80. The van der Waals surface area contributed by atoms with Gasteiger partial charge >= 0.3 is 0 Å². The highest BCUT2D eigenvalue weighted by Gasteiger charge is 2.27. The third-order valence-corrected chi connectivity index (χ3v) is 4.93. The lowest BCUT2D eigenvalue weighted by Crippen LogP contribution is -3.15. The van der Waals surface area contributed by atoms with Crippen LogP contribution in [0.4, 0.5) is 5.69 Å². The minimum atomic E-state index is 0.000215. The van der Waals surface area contributed by atoms with Crippen molar-refractivity contribution >= 4 is 40.5 Å². The highest BCUT2D eigenvalue weighted by Crippen LogP contribution is 2.20. The van der Waals surface area contributed by atoms with Crippen molar-refractivity contribution in [2.45, 2.75) is 18.9 Å². The van der Waals surface area contributed by atoms with Gasteiger partial charge in [0, 0.05) is 6.04 Å². The average molecular weight is 354 g/mol. The van der Waals surface area contributed by atoms with Gasteiger partial charge in [0.05, 0.1) is 36.9 Å². The van der Waals surface area contributed by atoms with Crippen LogP contribution in [0.3, 0.4) is 0 Å². The number of nitrogens with zero attached hydrogens (tertiary/aromatic N) is 1. The number of anilines is 1. The summed E-state index contributed by atoms with van der Waals surface area (Å²) in [6.07, 6.45) is 2.46. The second kappa shape index (κ2) is 7.47. The minimum absolute atomic E-state index is 0.000215. The van der Waals surface area contributed by atoms with Gasteiger partial charge in [-0.2, -0.15) is 0 Å². The summed E-state index contributed by atoms with van der Waals surface area (Å²) in [5.74, 6) is 0.000215. The Morgan fingerprint density at radius 3 is 2.65 bits per heavy atom. The molecule has 1 saturated carbocycles. The van der Waals surface area contributed by atoms with E-state index in [1.165, 1.54) is 17.7 Å². The molecule has 0 atom stereocenters. The Morgan fingerprint density at radius 2 is 2.00 bits per heavy atom. The predicted octanol–water partition coefficient (Wildman–Crippen LogP) is 0.516. The number of thiocarbonyl (C=S) groups is 1. The number of hydrogen-bond acceptors (Lipinski definition) is 2. The maximum atomic E-state index is 12.2. The van der Waals surface area contributed by atoms with E-state index < -0.39 is 0 Å². The van der Waals surface area contributed by atoms with Crippen LogP contribution in [-0.4, -0.2) is 54.7 Å². The summed E-state index contributed by atoms with van der Waals surface area (Å²) in [5.41, 5.74) is 0.673. The maximum absolute atomic E-state index is 12.2. The quantitative estimate of drug-likeness (QED) is 0.691. The second-order valence-corrected chi connectivity index (χ2v) is 6.96. The summed E-state index contributed by atoms with van der Waals surface area (Å²) in [4.78, 5) is 15.6. The summed E-state index contributed by atoms with van der Waals surface area (Å²) in [6.45, 7) is 4.09. The van der Waals surface area contributed by atoms with E-state index in [2.05, 4.69) is 15.5 Å². The smallest absolute Gasteiger partial charge is 0.279 e. The SMILES string of the molecule is O=C(C[NH+]1CCN(C(=S)NC2CC2)CC1)Nc1ccccc1Cl. The fraction of sp³-hybridized carbons (Fsp3) is 0.500. The zero-order chi connectivity index (χ0) is 16.2. The molecule has 3 rings (SSSR count). The van der Waals surface area contributed by atoms with E-state index in [0.29, 0.717) is 23.3 Å². The van der Waals surface area contributed by atoms with Crippen LogP contribution in [0.1, 0.15) is 12.8 Å². The van der Waals surface area contributed by atoms with Gasteiger partial charge in [-0.3, -0.25) is 4.79 Å². The Kier molecular flexibility index (Phi) is 5.35. The van der Waals surface area contributed by atoms with E-state index >= 15 is 0 Å². The zero-order valence-electron chi connectivity index (χ0n) is 13.0. The number of para-hydroxylation sites is 1. The molecule has 1 aliphatic carbocycles. The number of nitrogens with one attached hydrogen (secondary N) is 3. The fourth-order valence-corrected chi connectivity index (χ4v) is 3.21. The van der Waals surface area contributed by atoms with Gasteiger partial charge < -0.3 is 20.4 Å². The predicted molar refractivity (Wildman–Crippen MR) is 96.0 cm³/mol. The summed E-state index contributed by atoms with van der Waals surface area (Å²) in [7, 11) is 0. The Labute approximate surface area is 147 Å². The van der Waals surface area contributed by atoms with E-state index in [9.17, 15) is 4.79 Å². The number of halogens is 1. The molecule has 0 bridgehead atoms. The standard InChI is InChI=1S/C16H21ClN4OS/c17-13-3-1-2-4-14(13)19-15(22)11-20-7-9-21(10-8-20)16(23)18-12-5-6-12/h1-4,12H,5-11H2,(H,18,23)(H,19,22)/p+1. The second-order valence-electron chi connectivity index (χ2n) is 6.17. The molecule has 7 heteroatoms. The zero-order valence-corrected chi connectivity index (χ0v) is 14.6. The van der Waals surface area contributed by atoms with Crippen LogP contribution >= 0.6 is 23.8 Å². The van der Waals surface area contributed by atoms with Crippen molar-refractivity contribution in [2.24, 2.45) is 0 Å². The van der Waals surface area contributed by atoms with E-state index in [1.54, 1.807) is 6.07 Å². The van der Waals surface area contributed by atoms with Gasteiger partial charge in [0.2, 0.25) is 0 Å². The van der Waals surface area contributed by atoms with Crippen LogP contribution in [0.25, 0.3) is 0 Å². The number of carbonyl (C=O) groups excluding carboxylic acids is 1. The van der Waals surface area contributed by atoms with E-state index in [0.717, 1.165) is 31.3 Å². The first-order valence-electron chi connectivity index (χ1n) is 8.05. The molecule has 0 spiro atoms. The molecular weight excluding hydrogens is 332 g/mol. The Bertz CT molecular complexity index is 585. The minimum Gasteiger partial charge on any atom is -0.360 e. The number of benzene rings is 1. The molecule has 0 unspecified atom stereocenters. The lowest BCUT2D eigenvalue weighted by atomic mass is 10.3. The van der Waals surface area contributed by atoms with E-state index in [1.807, 2.05) is 18.2 Å². The van der Waals surface area contributed by atoms with Gasteiger partial charge in [-0.15, -0.1) is 0 Å². The fourth-order valence-electron chi connectivity index (χ4n) is 2.68. The van der Waals surface area contributed by atoms with Crippen molar-refractivity contribution in [3.8, 4) is 0 Å². The molecule has 2 fully saturated rings. The molecule has 1 amide bonds. The Morgan fingerprint density at radius 1 is 1.30 bits per heavy atom. The molecule has 1 aromatic rings. The Balaban J connectivity index is 1.42. The van der Waals surface area contributed by atoms with Crippen molar-refractivity contribution in [3.05, 3.63) is 29.3 Å². The number of piperazine rings is 1. The van der Waals surface area contributed by atoms with Crippen LogP contribution in [0.5, 0.6) is 0 Å². The molecule has 124 valence electrons. The normalized spacial score (nSPS) is 18.6. The summed E-state index contributed by atoms with van der Waals surface area (Å²) in [6, 6.07) is 7.89. The lowest BCUT2D eigenvalue weighted by Gasteiger charge is -2.33. The molecule has 1 aromatic carbocycles. The maximum Gasteiger partial charge on any atom is 0.279 e. The van der Waals surface area contributed by atoms with Crippen molar-refractivity contribution < 1.29 is 9.69 Å². The van der Waals surface area contributed by atoms with Crippen LogP contribution < -0.4 is 15.5 Å². The van der Waals surface area contributed by atoms with Gasteiger partial charge in [0.15, 0.2) is 11.7 Å². The third-order valence-electron chi connectivity index (χ3n) is 4.22. The van der Waals surface area contributed by atoms with E-state index in [-0.39, 0.29) is 5.91 Å². The Hall–Kier alpha value is -1.37. The van der Waals surface area contributed by atoms with Crippen molar-refractivity contribution in [1.82, 2.24) is 10.2 Å². The number of carbonyl (C=O) groups is 1. The average Bonchev–Trinajstić information content (AvgIpc) is 3.34. The number of quaternary nitrogens is 1. The molecule has 1 aliphatic heterocycles. The molecule has 0 radical (unpaired) electrons. The summed E-state index contributed by atoms with van der Waals surface area (Å²) in [5, 5.41) is 7.69. The molecule has 3 N–H and O–H groups in total. The first-order valence-corrected chi connectivity index (χ1v) is 8.84. The van der Waals surface area contributed by atoms with Crippen LogP contribution in [0.15, 0.2) is 24.3 Å². The molecule has 2 aliphatic rings. The highest BCUT2D eigenvalue weighted by atomic mass is 35.5. The van der Waals surface area contributed by atoms with Gasteiger partial charge in [-0.05, 0) is 37.2 Å². The monoisotopic (exact) mass is 353 g/mol. The van der Waals surface area contributed by atoms with Crippen LogP contribution in [-0.2, 0) is 4.79 Å². The largest absolute Gasteiger partial charge is 0.360 e. The lowest BCUT2D eigenvalue weighted by molar-refractivity contribution is -0.895. The first-order chi connectivity index (χ1) is 11.1. The number of rotatable bonds is 4.